The first-order chi connectivity index (χ1) is 35.6. The quantitative estimate of drug-likeness (QED) is 0.0525. The van der Waals surface area contributed by atoms with Crippen molar-refractivity contribution in [1.29, 1.82) is 0 Å². The zero-order valence-corrected chi connectivity index (χ0v) is 48.1. The molecule has 0 aliphatic heterocycles. The molecule has 0 aliphatic carbocycles. The van der Waals surface area contributed by atoms with Gasteiger partial charge in [0.1, 0.15) is 31.0 Å². The summed E-state index contributed by atoms with van der Waals surface area (Å²) in [7, 11) is -16.8. The van der Waals surface area contributed by atoms with Crippen LogP contribution in [0.15, 0.2) is 153 Å². The van der Waals surface area contributed by atoms with Crippen LogP contribution < -0.4 is 91.0 Å². The number of aromatic nitrogens is 2. The standard InChI is InChI=1S/C47H38N8O17S4.2Na.2H/c1-54-23-29(21-37(54)45(58)48-27-9-3-7-25(19-27)43(56)52-35-17-15-31-33(41(35)75(67,68)69)11-5-13-39(31)73(61,62)63)50-47(60)51-30-22-38(55(2)24-30)46(59)49-28-10-4-8-26(20-28)44(57)53-36-18-16-32-34(42(36)76(70,71)72)12-6-14-40(32)74(64,65)66;;;;/h3-24H,1-2H3,(H,48,58)(H,49,59)(H,52,56)(H,53,57)(H2,50,51,60)(H,61,62,63)(H,64,65,66)(H,67,68,69)(H,70,71,72);;;;/q;2*+1;2*-1. The molecule has 10 N–H and O–H groups in total. The summed E-state index contributed by atoms with van der Waals surface area (Å²) in [4.78, 5) is 63.8. The molecule has 6 aromatic carbocycles. The summed E-state index contributed by atoms with van der Waals surface area (Å²) in [6, 6.07) is 23.8. The predicted octanol–water partition coefficient (Wildman–Crippen LogP) is 0.543. The second kappa shape index (κ2) is 23.3. The maximum Gasteiger partial charge on any atom is 1.00 e. The average molecular weight is 1160 g/mol. The number of carbonyl (C=O) groups excluding carboxylic acids is 5. The minimum atomic E-state index is -5.10. The molecule has 0 atom stereocenters. The number of amides is 6. The average Bonchev–Trinajstić information content (AvgIpc) is 3.89. The van der Waals surface area contributed by atoms with Gasteiger partial charge in [-0.3, -0.25) is 37.4 Å². The molecular weight excluding hydrogens is 1120 g/mol. The van der Waals surface area contributed by atoms with Gasteiger partial charge in [0, 0.05) is 70.5 Å². The molecule has 0 aliphatic rings. The Morgan fingerprint density at radius 2 is 0.756 bits per heavy atom. The Morgan fingerprint density at radius 1 is 0.397 bits per heavy atom. The Hall–Kier alpha value is -6.81. The number of nitrogens with zero attached hydrogens (tertiary/aromatic N) is 2. The normalized spacial score (nSPS) is 11.7. The van der Waals surface area contributed by atoms with E-state index in [1.54, 1.807) is 0 Å². The van der Waals surface area contributed by atoms with E-state index in [1.807, 2.05) is 0 Å². The van der Waals surface area contributed by atoms with Crippen LogP contribution in [0.2, 0.25) is 0 Å². The zero-order valence-electron chi connectivity index (χ0n) is 42.8. The summed E-state index contributed by atoms with van der Waals surface area (Å²) in [5, 5.41) is 14.0. The number of nitrogens with one attached hydrogen (secondary N) is 6. The van der Waals surface area contributed by atoms with E-state index in [0.717, 1.165) is 48.5 Å². The van der Waals surface area contributed by atoms with Crippen molar-refractivity contribution in [1.82, 2.24) is 9.13 Å². The molecule has 396 valence electrons. The van der Waals surface area contributed by atoms with Crippen molar-refractivity contribution >= 4 is 126 Å². The predicted molar refractivity (Wildman–Crippen MR) is 278 cm³/mol. The van der Waals surface area contributed by atoms with Crippen molar-refractivity contribution in [3.63, 3.8) is 0 Å². The van der Waals surface area contributed by atoms with Crippen LogP contribution in [-0.2, 0) is 54.6 Å². The van der Waals surface area contributed by atoms with Crippen LogP contribution in [0.25, 0.3) is 21.5 Å². The molecule has 25 nitrogen and oxygen atoms in total. The van der Waals surface area contributed by atoms with Gasteiger partial charge in [0.15, 0.2) is 0 Å². The van der Waals surface area contributed by atoms with Gasteiger partial charge < -0.3 is 43.9 Å². The van der Waals surface area contributed by atoms with E-state index in [4.69, 9.17) is 0 Å². The Balaban J connectivity index is 0.00000344. The molecule has 0 unspecified atom stereocenters. The third kappa shape index (κ3) is 13.4. The van der Waals surface area contributed by atoms with Gasteiger partial charge in [-0.1, -0.05) is 48.5 Å². The molecule has 0 saturated carbocycles. The Bertz CT molecular complexity index is 4030. The van der Waals surface area contributed by atoms with Crippen LogP contribution in [0.3, 0.4) is 0 Å². The second-order valence-electron chi connectivity index (χ2n) is 16.5. The monoisotopic (exact) mass is 1160 g/mol. The van der Waals surface area contributed by atoms with Crippen LogP contribution in [-0.4, -0.2) is 90.7 Å². The number of anilines is 6. The van der Waals surface area contributed by atoms with Crippen molar-refractivity contribution < 1.29 is 138 Å². The van der Waals surface area contributed by atoms with Gasteiger partial charge in [-0.05, 0) is 72.8 Å². The van der Waals surface area contributed by atoms with E-state index < -0.39 is 101 Å². The number of hydrogen-bond acceptors (Lipinski definition) is 13. The van der Waals surface area contributed by atoms with Gasteiger partial charge in [0.25, 0.3) is 64.1 Å². The Labute approximate surface area is 490 Å². The van der Waals surface area contributed by atoms with Gasteiger partial charge in [0.05, 0.1) is 22.7 Å². The first-order valence-electron chi connectivity index (χ1n) is 21.4. The van der Waals surface area contributed by atoms with Crippen LogP contribution in [0.5, 0.6) is 0 Å². The summed E-state index contributed by atoms with van der Waals surface area (Å²) in [5.41, 5.74) is -0.409. The van der Waals surface area contributed by atoms with Crippen molar-refractivity contribution in [3.05, 3.63) is 156 Å². The van der Waals surface area contributed by atoms with E-state index in [1.165, 1.54) is 108 Å². The molecule has 2 aromatic heterocycles. The number of urea groups is 1. The van der Waals surface area contributed by atoms with Crippen LogP contribution >= 0.6 is 0 Å². The number of carbonyl (C=O) groups is 5. The maximum atomic E-state index is 13.4. The van der Waals surface area contributed by atoms with Gasteiger partial charge in [-0.2, -0.15) is 33.7 Å². The Kier molecular flexibility index (Phi) is 18.0. The molecule has 31 heteroatoms. The third-order valence-corrected chi connectivity index (χ3v) is 15.0. The molecular formula is C47H40N8Na2O17S4. The molecule has 2 heterocycles. The first kappa shape index (κ1) is 60.4. The van der Waals surface area contributed by atoms with Crippen molar-refractivity contribution in [2.75, 3.05) is 31.9 Å². The van der Waals surface area contributed by atoms with Crippen LogP contribution in [0, 0.1) is 0 Å². The van der Waals surface area contributed by atoms with E-state index in [2.05, 4.69) is 31.9 Å². The van der Waals surface area contributed by atoms with E-state index >= 15 is 0 Å². The number of aryl methyl sites for hydroxylation is 2. The number of fused-ring (bicyclic) bond motifs is 2. The second-order valence-corrected chi connectivity index (χ2v) is 22.0. The molecule has 6 amide bonds. The zero-order chi connectivity index (χ0) is 55.2. The molecule has 0 fully saturated rings. The minimum Gasteiger partial charge on any atom is -1.00 e. The number of benzene rings is 6. The van der Waals surface area contributed by atoms with Crippen LogP contribution in [0.1, 0.15) is 44.5 Å². The fourth-order valence-electron chi connectivity index (χ4n) is 8.07. The summed E-state index contributed by atoms with van der Waals surface area (Å²) in [5.74, 6) is -3.17. The van der Waals surface area contributed by atoms with Crippen molar-refractivity contribution in [2.45, 2.75) is 19.6 Å². The Morgan fingerprint density at radius 3 is 1.10 bits per heavy atom. The molecule has 0 saturated heterocycles. The number of rotatable bonds is 14. The van der Waals surface area contributed by atoms with E-state index in [-0.39, 0.29) is 129 Å². The molecule has 8 aromatic rings. The summed E-state index contributed by atoms with van der Waals surface area (Å²) in [6.45, 7) is 0. The minimum absolute atomic E-state index is 0. The number of hydrogen-bond donors (Lipinski definition) is 10. The third-order valence-electron chi connectivity index (χ3n) is 11.3. The van der Waals surface area contributed by atoms with Gasteiger partial charge in [-0.15, -0.1) is 0 Å². The smallest absolute Gasteiger partial charge is 1.00 e. The fourth-order valence-corrected chi connectivity index (χ4v) is 11.2. The summed E-state index contributed by atoms with van der Waals surface area (Å²) in [6.07, 6.45) is 2.84. The molecule has 8 rings (SSSR count). The summed E-state index contributed by atoms with van der Waals surface area (Å²) < 4.78 is 140. The first-order valence-corrected chi connectivity index (χ1v) is 27.2. The molecule has 0 radical (unpaired) electrons. The van der Waals surface area contributed by atoms with Crippen molar-refractivity contribution in [2.24, 2.45) is 14.1 Å². The molecule has 0 bridgehead atoms. The summed E-state index contributed by atoms with van der Waals surface area (Å²) >= 11 is 0. The van der Waals surface area contributed by atoms with E-state index in [0.29, 0.717) is 0 Å². The largest absolute Gasteiger partial charge is 1.00 e. The SMILES string of the molecule is Cn1cc(NC(=O)Nc2cc(C(=O)Nc3cccc(C(=O)Nc4ccc5c(S(=O)(=O)O)cccc5c4S(=O)(=O)O)c3)n(C)c2)cc1C(=O)Nc1cccc(C(=O)Nc2ccc3c(S(=O)(=O)O)cccc3c2S(=O)(=O)O)c1.[H-].[H-].[Na+].[Na+]. The van der Waals surface area contributed by atoms with Crippen molar-refractivity contribution in [3.8, 4) is 0 Å². The van der Waals surface area contributed by atoms with Gasteiger partial charge in [0.2, 0.25) is 0 Å². The van der Waals surface area contributed by atoms with Crippen LogP contribution in [0.4, 0.5) is 38.9 Å². The van der Waals surface area contributed by atoms with Gasteiger partial charge >= 0.3 is 65.1 Å². The topological polar surface area (TPSA) is 385 Å². The molecule has 0 spiro atoms. The maximum absolute atomic E-state index is 13.4. The fraction of sp³-hybridized carbons (Fsp3) is 0.0426. The van der Waals surface area contributed by atoms with Gasteiger partial charge in [-0.25, -0.2) is 4.79 Å². The molecule has 78 heavy (non-hydrogen) atoms. The van der Waals surface area contributed by atoms with E-state index in [9.17, 15) is 75.9 Å².